The second kappa shape index (κ2) is 15.3. The Hall–Kier alpha value is -3.00. The number of para-hydroxylation sites is 1. The van der Waals surface area contributed by atoms with E-state index in [1.165, 1.54) is 4.90 Å². The van der Waals surface area contributed by atoms with Gasteiger partial charge in [0.15, 0.2) is 0 Å². The lowest BCUT2D eigenvalue weighted by atomic mass is 9.92. The maximum atomic E-state index is 14.3. The molecule has 258 valence electrons. The number of piperidine rings is 2. The van der Waals surface area contributed by atoms with E-state index in [9.17, 15) is 24.3 Å². The van der Waals surface area contributed by atoms with E-state index in [4.69, 9.17) is 0 Å². The predicted octanol–water partition coefficient (Wildman–Crippen LogP) is 4.49. The Morgan fingerprint density at radius 1 is 0.917 bits per heavy atom. The van der Waals surface area contributed by atoms with Gasteiger partial charge in [0.05, 0.1) is 5.92 Å². The zero-order valence-corrected chi connectivity index (χ0v) is 30.5. The minimum absolute atomic E-state index is 0.00370. The molecule has 4 aliphatic heterocycles. The first-order valence-electron chi connectivity index (χ1n) is 16.9. The topological polar surface area (TPSA) is 117 Å². The van der Waals surface area contributed by atoms with Gasteiger partial charge in [0, 0.05) is 72.4 Å². The van der Waals surface area contributed by atoms with Crippen molar-refractivity contribution in [2.45, 2.75) is 63.2 Å². The summed E-state index contributed by atoms with van der Waals surface area (Å²) in [5.74, 6) is -2.11. The van der Waals surface area contributed by atoms with E-state index in [-0.39, 0.29) is 30.3 Å². The van der Waals surface area contributed by atoms with Crippen LogP contribution < -0.4 is 5.32 Å². The molecule has 4 amide bonds. The molecule has 11 nitrogen and oxygen atoms in total. The molecule has 2 aromatic rings. The quantitative estimate of drug-likeness (QED) is 0.405. The van der Waals surface area contributed by atoms with Crippen LogP contribution in [-0.4, -0.2) is 124 Å². The number of hydrogen-bond donors (Lipinski definition) is 2. The number of amides is 4. The molecule has 3 saturated heterocycles. The molecule has 0 radical (unpaired) electrons. The van der Waals surface area contributed by atoms with Crippen LogP contribution in [0.4, 0.5) is 10.5 Å². The number of anilines is 1. The van der Waals surface area contributed by atoms with Gasteiger partial charge in [-0.25, -0.2) is 9.59 Å². The van der Waals surface area contributed by atoms with Gasteiger partial charge in [-0.3, -0.25) is 14.5 Å². The zero-order chi connectivity index (χ0) is 33.9. The number of carboxylic acid groups (broad SMARTS) is 1. The molecule has 2 aromatic carbocycles. The summed E-state index contributed by atoms with van der Waals surface area (Å²) in [5.41, 5.74) is 2.81. The van der Waals surface area contributed by atoms with Crippen molar-refractivity contribution in [1.29, 1.82) is 0 Å². The van der Waals surface area contributed by atoms with E-state index in [1.807, 2.05) is 47.4 Å². The summed E-state index contributed by atoms with van der Waals surface area (Å²) in [7, 11) is 2.10. The fourth-order valence-corrected chi connectivity index (χ4v) is 8.36. The van der Waals surface area contributed by atoms with E-state index >= 15 is 0 Å². The summed E-state index contributed by atoms with van der Waals surface area (Å²) in [4.78, 5) is 63.3. The van der Waals surface area contributed by atoms with Gasteiger partial charge in [-0.15, -0.1) is 0 Å². The minimum atomic E-state index is -1.01. The lowest BCUT2D eigenvalue weighted by Gasteiger charge is -2.45. The summed E-state index contributed by atoms with van der Waals surface area (Å²) >= 11 is 7.06. The monoisotopic (exact) mass is 786 g/mol. The highest BCUT2D eigenvalue weighted by Crippen LogP contribution is 2.30. The SMILES string of the molecule is CN1CCC(N2CCN(C(=O)C(CC(=O)N3CCC(N4Cc5ccccc5NC4=O)CC3)Cc3ccc(Br)c(Br)c3)C(C(=O)O)C2)CC1. The standard InChI is InChI=1S/C35H44Br2N6O5/c1-39-12-8-26(9-13-39)41-16-17-42(31(22-41)34(46)47)33(45)25(18-23-6-7-28(36)29(37)19-23)20-32(44)40-14-10-27(11-15-40)43-21-24-4-2-3-5-30(24)38-35(43)48/h2-7,19,25-27,31H,8-18,20-22H2,1H3,(H,38,48)(H,46,47). The van der Waals surface area contributed by atoms with Gasteiger partial charge in [0.25, 0.3) is 0 Å². The van der Waals surface area contributed by atoms with Crippen molar-refractivity contribution in [3.8, 4) is 0 Å². The smallest absolute Gasteiger partial charge is 0.327 e. The number of likely N-dealkylation sites (tertiary alicyclic amines) is 2. The molecule has 2 unspecified atom stereocenters. The van der Waals surface area contributed by atoms with Crippen LogP contribution in [0.1, 0.15) is 43.2 Å². The molecule has 3 fully saturated rings. The normalized spacial score (nSPS) is 22.3. The number of nitrogens with zero attached hydrogens (tertiary/aromatic N) is 5. The number of halogens is 2. The lowest BCUT2D eigenvalue weighted by molar-refractivity contribution is -0.157. The third kappa shape index (κ3) is 7.90. The first-order chi connectivity index (χ1) is 23.1. The van der Waals surface area contributed by atoms with Gasteiger partial charge < -0.3 is 30.0 Å². The summed E-state index contributed by atoms with van der Waals surface area (Å²) in [6.07, 6.45) is 3.59. The number of fused-ring (bicyclic) bond motifs is 1. The number of rotatable bonds is 8. The van der Waals surface area contributed by atoms with Crippen LogP contribution in [0.5, 0.6) is 0 Å². The van der Waals surface area contributed by atoms with E-state index < -0.39 is 17.9 Å². The van der Waals surface area contributed by atoms with Crippen molar-refractivity contribution < 1.29 is 24.3 Å². The number of nitrogens with one attached hydrogen (secondary N) is 1. The molecule has 6 rings (SSSR count). The number of urea groups is 1. The maximum Gasteiger partial charge on any atom is 0.327 e. The number of carbonyl (C=O) groups excluding carboxylic acids is 3. The third-order valence-corrected chi connectivity index (χ3v) is 12.4. The molecule has 0 aromatic heterocycles. The molecule has 2 atom stereocenters. The van der Waals surface area contributed by atoms with Crippen molar-refractivity contribution in [2.24, 2.45) is 5.92 Å². The highest BCUT2D eigenvalue weighted by molar-refractivity contribution is 9.13. The van der Waals surface area contributed by atoms with Crippen LogP contribution in [0.15, 0.2) is 51.4 Å². The van der Waals surface area contributed by atoms with Crippen LogP contribution in [0.3, 0.4) is 0 Å². The molecule has 0 aliphatic carbocycles. The molecular weight excluding hydrogens is 744 g/mol. The number of piperazine rings is 1. The van der Waals surface area contributed by atoms with Gasteiger partial charge in [0.2, 0.25) is 11.8 Å². The first-order valence-corrected chi connectivity index (χ1v) is 18.5. The molecule has 0 spiro atoms. The largest absolute Gasteiger partial charge is 0.480 e. The van der Waals surface area contributed by atoms with Crippen LogP contribution in [-0.2, 0) is 27.3 Å². The van der Waals surface area contributed by atoms with Crippen molar-refractivity contribution >= 4 is 61.4 Å². The number of carbonyl (C=O) groups is 4. The number of aliphatic carboxylic acids is 1. The Balaban J connectivity index is 1.13. The molecule has 13 heteroatoms. The van der Waals surface area contributed by atoms with Crippen LogP contribution in [0, 0.1) is 5.92 Å². The number of benzene rings is 2. The van der Waals surface area contributed by atoms with Crippen LogP contribution in [0.2, 0.25) is 0 Å². The van der Waals surface area contributed by atoms with Gasteiger partial charge in [0.1, 0.15) is 6.04 Å². The maximum absolute atomic E-state index is 14.3. The molecule has 2 N–H and O–H groups in total. The van der Waals surface area contributed by atoms with Gasteiger partial charge in [-0.2, -0.15) is 0 Å². The third-order valence-electron chi connectivity index (χ3n) is 10.5. The number of hydrogen-bond acceptors (Lipinski definition) is 6. The van der Waals surface area contributed by atoms with Crippen molar-refractivity contribution in [2.75, 3.05) is 58.2 Å². The Morgan fingerprint density at radius 3 is 2.33 bits per heavy atom. The molecular formula is C35H44Br2N6O5. The lowest BCUT2D eigenvalue weighted by Crippen LogP contribution is -2.62. The van der Waals surface area contributed by atoms with Gasteiger partial charge >= 0.3 is 12.0 Å². The summed E-state index contributed by atoms with van der Waals surface area (Å²) in [6.45, 7) is 4.71. The highest BCUT2D eigenvalue weighted by Gasteiger charge is 2.41. The Kier molecular flexibility index (Phi) is 11.1. The summed E-state index contributed by atoms with van der Waals surface area (Å²) in [5, 5.41) is 13.3. The van der Waals surface area contributed by atoms with E-state index in [0.29, 0.717) is 64.6 Å². The Morgan fingerprint density at radius 2 is 1.62 bits per heavy atom. The zero-order valence-electron chi connectivity index (χ0n) is 27.3. The molecule has 4 heterocycles. The van der Waals surface area contributed by atoms with E-state index in [1.54, 1.807) is 4.90 Å². The first kappa shape index (κ1) is 34.8. The van der Waals surface area contributed by atoms with Crippen molar-refractivity contribution in [3.63, 3.8) is 0 Å². The average Bonchev–Trinajstić information content (AvgIpc) is 3.09. The number of carboxylic acids is 1. The summed E-state index contributed by atoms with van der Waals surface area (Å²) < 4.78 is 1.73. The van der Waals surface area contributed by atoms with Crippen LogP contribution in [0.25, 0.3) is 0 Å². The minimum Gasteiger partial charge on any atom is -0.480 e. The highest BCUT2D eigenvalue weighted by atomic mass is 79.9. The Bertz CT molecular complexity index is 1530. The average molecular weight is 789 g/mol. The second-order valence-corrected chi connectivity index (χ2v) is 15.3. The van der Waals surface area contributed by atoms with Crippen molar-refractivity contribution in [3.05, 3.63) is 62.5 Å². The molecule has 0 bridgehead atoms. The van der Waals surface area contributed by atoms with Gasteiger partial charge in [-0.05, 0) is 113 Å². The molecule has 0 saturated carbocycles. The molecule has 48 heavy (non-hydrogen) atoms. The van der Waals surface area contributed by atoms with E-state index in [2.05, 4.69) is 54.0 Å². The predicted molar refractivity (Wildman–Crippen MR) is 189 cm³/mol. The van der Waals surface area contributed by atoms with Crippen LogP contribution >= 0.6 is 31.9 Å². The molecule has 4 aliphatic rings. The van der Waals surface area contributed by atoms with E-state index in [0.717, 1.165) is 51.7 Å². The second-order valence-electron chi connectivity index (χ2n) is 13.6. The fraction of sp³-hybridized carbons (Fsp3) is 0.543. The van der Waals surface area contributed by atoms with Crippen molar-refractivity contribution in [1.82, 2.24) is 24.5 Å². The Labute approximate surface area is 298 Å². The summed E-state index contributed by atoms with van der Waals surface area (Å²) in [6, 6.07) is 12.8. The fourth-order valence-electron chi connectivity index (χ4n) is 7.69. The van der Waals surface area contributed by atoms with Gasteiger partial charge in [-0.1, -0.05) is 24.3 Å².